The van der Waals surface area contributed by atoms with Crippen LogP contribution in [0, 0.1) is 11.6 Å². The molecule has 0 amide bonds. The molecule has 3 rings (SSSR count). The van der Waals surface area contributed by atoms with Crippen molar-refractivity contribution in [1.29, 1.82) is 0 Å². The van der Waals surface area contributed by atoms with Crippen molar-refractivity contribution in [3.05, 3.63) is 59.2 Å². The number of Topliss-reactive ketones (excluding diaryl/α,β-unsaturated/α-hetero) is 1. The Kier molecular flexibility index (Phi) is 5.28. The van der Waals surface area contributed by atoms with Crippen LogP contribution >= 0.6 is 0 Å². The monoisotopic (exact) mass is 348 g/mol. The molecule has 1 unspecified atom stereocenters. The van der Waals surface area contributed by atoms with E-state index in [0.717, 1.165) is 37.5 Å². The number of phenolic OH excluding ortho intramolecular Hbond substituents is 1. The molecule has 1 atom stereocenters. The first-order valence-corrected chi connectivity index (χ1v) is 8.11. The average Bonchev–Trinajstić information content (AvgIpc) is 2.54. The maximum Gasteiger partial charge on any atom is 0.199 e. The standard InChI is InChI=1S/C19H18F2O4/c20-13-7-12(8-14(21)10-13)9-17(22)16-5-4-15(11-18(16)23)25-19-3-1-2-6-24-19/h4-5,7-8,10-11,19,23H,1-3,6,9H2. The lowest BCUT2D eigenvalue weighted by Crippen LogP contribution is -2.24. The second-order valence-electron chi connectivity index (χ2n) is 5.97. The number of carbonyl (C=O) groups is 1. The summed E-state index contributed by atoms with van der Waals surface area (Å²) in [6.07, 6.45) is 2.21. The largest absolute Gasteiger partial charge is 0.507 e. The van der Waals surface area contributed by atoms with E-state index >= 15 is 0 Å². The number of phenols is 1. The van der Waals surface area contributed by atoms with Gasteiger partial charge in [0.1, 0.15) is 23.1 Å². The Bertz CT molecular complexity index is 750. The van der Waals surface area contributed by atoms with Gasteiger partial charge in [-0.1, -0.05) is 0 Å². The molecule has 1 fully saturated rings. The lowest BCUT2D eigenvalue weighted by Gasteiger charge is -2.23. The Morgan fingerprint density at radius 3 is 2.56 bits per heavy atom. The number of aromatic hydroxyl groups is 1. The van der Waals surface area contributed by atoms with Crippen molar-refractivity contribution in [3.63, 3.8) is 0 Å². The quantitative estimate of drug-likeness (QED) is 0.830. The molecule has 0 bridgehead atoms. The van der Waals surface area contributed by atoms with Gasteiger partial charge in [0.15, 0.2) is 12.1 Å². The average molecular weight is 348 g/mol. The number of carbonyl (C=O) groups excluding carboxylic acids is 1. The van der Waals surface area contributed by atoms with Crippen molar-refractivity contribution in [2.75, 3.05) is 6.61 Å². The van der Waals surface area contributed by atoms with E-state index < -0.39 is 17.4 Å². The van der Waals surface area contributed by atoms with Gasteiger partial charge in [-0.3, -0.25) is 4.79 Å². The van der Waals surface area contributed by atoms with Gasteiger partial charge in [-0.05, 0) is 42.7 Å². The summed E-state index contributed by atoms with van der Waals surface area (Å²) in [5.74, 6) is -1.78. The topological polar surface area (TPSA) is 55.8 Å². The molecule has 1 saturated heterocycles. The molecule has 0 aliphatic carbocycles. The van der Waals surface area contributed by atoms with Crippen LogP contribution in [0.1, 0.15) is 35.2 Å². The number of halogens is 2. The van der Waals surface area contributed by atoms with Gasteiger partial charge in [0.2, 0.25) is 0 Å². The summed E-state index contributed by atoms with van der Waals surface area (Å²) < 4.78 is 37.5. The van der Waals surface area contributed by atoms with Gasteiger partial charge in [0.25, 0.3) is 0 Å². The first kappa shape index (κ1) is 17.4. The van der Waals surface area contributed by atoms with E-state index in [-0.39, 0.29) is 29.6 Å². The molecule has 0 aromatic heterocycles. The maximum atomic E-state index is 13.2. The molecule has 1 N–H and O–H groups in total. The van der Waals surface area contributed by atoms with E-state index in [1.807, 2.05) is 0 Å². The lowest BCUT2D eigenvalue weighted by molar-refractivity contribution is -0.105. The SMILES string of the molecule is O=C(Cc1cc(F)cc(F)c1)c1ccc(OC2CCCCO2)cc1O. The predicted molar refractivity (Wildman–Crippen MR) is 86.7 cm³/mol. The molecular weight excluding hydrogens is 330 g/mol. The van der Waals surface area contributed by atoms with E-state index in [4.69, 9.17) is 9.47 Å². The second kappa shape index (κ2) is 7.61. The fourth-order valence-electron chi connectivity index (χ4n) is 2.77. The van der Waals surface area contributed by atoms with Crippen molar-refractivity contribution >= 4 is 5.78 Å². The number of rotatable bonds is 5. The van der Waals surface area contributed by atoms with Gasteiger partial charge >= 0.3 is 0 Å². The van der Waals surface area contributed by atoms with Crippen LogP contribution in [0.25, 0.3) is 0 Å². The molecule has 0 saturated carbocycles. The lowest BCUT2D eigenvalue weighted by atomic mass is 10.0. The van der Waals surface area contributed by atoms with Crippen LogP contribution in [-0.4, -0.2) is 23.8 Å². The molecule has 2 aromatic rings. The molecule has 2 aromatic carbocycles. The molecule has 1 aliphatic rings. The number of hydrogen-bond donors (Lipinski definition) is 1. The fraction of sp³-hybridized carbons (Fsp3) is 0.316. The van der Waals surface area contributed by atoms with E-state index in [1.165, 1.54) is 12.1 Å². The minimum atomic E-state index is -0.747. The first-order chi connectivity index (χ1) is 12.0. The van der Waals surface area contributed by atoms with E-state index in [9.17, 15) is 18.7 Å². The summed E-state index contributed by atoms with van der Waals surface area (Å²) in [5, 5.41) is 10.1. The van der Waals surface area contributed by atoms with E-state index in [2.05, 4.69) is 0 Å². The summed E-state index contributed by atoms with van der Waals surface area (Å²) >= 11 is 0. The van der Waals surface area contributed by atoms with Crippen molar-refractivity contribution < 1.29 is 28.2 Å². The maximum absolute atomic E-state index is 13.2. The minimum absolute atomic E-state index is 0.0709. The third-order valence-corrected chi connectivity index (χ3v) is 3.96. The van der Waals surface area contributed by atoms with Gasteiger partial charge < -0.3 is 14.6 Å². The number of ketones is 1. The van der Waals surface area contributed by atoms with Crippen LogP contribution in [0.2, 0.25) is 0 Å². The molecule has 0 radical (unpaired) electrons. The highest BCUT2D eigenvalue weighted by Gasteiger charge is 2.18. The summed E-state index contributed by atoms with van der Waals surface area (Å²) in [7, 11) is 0. The third-order valence-electron chi connectivity index (χ3n) is 3.96. The summed E-state index contributed by atoms with van der Waals surface area (Å²) in [4.78, 5) is 12.3. The van der Waals surface area contributed by atoms with E-state index in [0.29, 0.717) is 12.4 Å². The van der Waals surface area contributed by atoms with E-state index in [1.54, 1.807) is 6.07 Å². The van der Waals surface area contributed by atoms with Crippen LogP contribution in [-0.2, 0) is 11.2 Å². The Hall–Kier alpha value is -2.47. The smallest absolute Gasteiger partial charge is 0.199 e. The Morgan fingerprint density at radius 1 is 1.16 bits per heavy atom. The first-order valence-electron chi connectivity index (χ1n) is 8.11. The van der Waals surface area contributed by atoms with Crippen molar-refractivity contribution in [2.45, 2.75) is 32.0 Å². The zero-order valence-corrected chi connectivity index (χ0v) is 13.5. The fourth-order valence-corrected chi connectivity index (χ4v) is 2.77. The zero-order chi connectivity index (χ0) is 17.8. The highest BCUT2D eigenvalue weighted by atomic mass is 19.1. The minimum Gasteiger partial charge on any atom is -0.507 e. The van der Waals surface area contributed by atoms with Crippen LogP contribution in [0.5, 0.6) is 11.5 Å². The summed E-state index contributed by atoms with van der Waals surface area (Å²) in [5.41, 5.74) is 0.277. The van der Waals surface area contributed by atoms with Crippen molar-refractivity contribution in [2.24, 2.45) is 0 Å². The van der Waals surface area contributed by atoms with Gasteiger partial charge in [0.05, 0.1) is 12.2 Å². The molecule has 25 heavy (non-hydrogen) atoms. The van der Waals surface area contributed by atoms with Crippen LogP contribution in [0.15, 0.2) is 36.4 Å². The van der Waals surface area contributed by atoms with Crippen LogP contribution in [0.3, 0.4) is 0 Å². The van der Waals surface area contributed by atoms with Crippen molar-refractivity contribution in [1.82, 2.24) is 0 Å². The van der Waals surface area contributed by atoms with Crippen LogP contribution < -0.4 is 4.74 Å². The summed E-state index contributed by atoms with van der Waals surface area (Å²) in [6.45, 7) is 0.636. The van der Waals surface area contributed by atoms with Gasteiger partial charge in [-0.25, -0.2) is 8.78 Å². The normalized spacial score (nSPS) is 17.3. The molecule has 6 heteroatoms. The van der Waals surface area contributed by atoms with Crippen molar-refractivity contribution in [3.8, 4) is 11.5 Å². The molecule has 1 aliphatic heterocycles. The Morgan fingerprint density at radius 2 is 1.92 bits per heavy atom. The Balaban J connectivity index is 1.70. The number of hydrogen-bond acceptors (Lipinski definition) is 4. The third kappa shape index (κ3) is 4.54. The highest BCUT2D eigenvalue weighted by molar-refractivity contribution is 6.00. The molecule has 132 valence electrons. The Labute approximate surface area is 144 Å². The van der Waals surface area contributed by atoms with Gasteiger partial charge in [-0.2, -0.15) is 0 Å². The predicted octanol–water partition coefficient (Wildman–Crippen LogP) is 4.00. The zero-order valence-electron chi connectivity index (χ0n) is 13.5. The van der Waals surface area contributed by atoms with Gasteiger partial charge in [0, 0.05) is 25.0 Å². The number of benzene rings is 2. The molecule has 1 heterocycles. The number of ether oxygens (including phenoxy) is 2. The molecule has 4 nitrogen and oxygen atoms in total. The van der Waals surface area contributed by atoms with Gasteiger partial charge in [-0.15, -0.1) is 0 Å². The molecular formula is C19H18F2O4. The van der Waals surface area contributed by atoms with Crippen LogP contribution in [0.4, 0.5) is 8.78 Å². The summed E-state index contributed by atoms with van der Waals surface area (Å²) in [6, 6.07) is 7.27. The molecule has 0 spiro atoms. The second-order valence-corrected chi connectivity index (χ2v) is 5.97. The highest BCUT2D eigenvalue weighted by Crippen LogP contribution is 2.27.